The lowest BCUT2D eigenvalue weighted by Gasteiger charge is -2.36. The average Bonchev–Trinajstić information content (AvgIpc) is 2.74. The number of pyridine rings is 1. The highest BCUT2D eigenvalue weighted by atomic mass is 35.5. The van der Waals surface area contributed by atoms with Gasteiger partial charge in [0, 0.05) is 43.2 Å². The van der Waals surface area contributed by atoms with Gasteiger partial charge in [-0.15, -0.1) is 0 Å². The molecule has 3 aromatic rings. The van der Waals surface area contributed by atoms with Crippen LogP contribution in [0, 0.1) is 22.6 Å². The molecule has 0 saturated carbocycles. The summed E-state index contributed by atoms with van der Waals surface area (Å²) in [6.07, 6.45) is 3.57. The Balaban J connectivity index is 1.60. The van der Waals surface area contributed by atoms with Crippen molar-refractivity contribution >= 4 is 46.6 Å². The predicted octanol–water partition coefficient (Wildman–Crippen LogP) is 3.20. The van der Waals surface area contributed by atoms with Gasteiger partial charge in [-0.05, 0) is 12.1 Å². The van der Waals surface area contributed by atoms with E-state index in [1.807, 2.05) is 11.0 Å². The number of anilines is 5. The van der Waals surface area contributed by atoms with Crippen molar-refractivity contribution in [2.75, 3.05) is 28.6 Å². The Bertz CT molecular complexity index is 1170. The quantitative estimate of drug-likeness (QED) is 0.431. The van der Waals surface area contributed by atoms with Crippen molar-refractivity contribution in [3.63, 3.8) is 0 Å². The van der Waals surface area contributed by atoms with Crippen molar-refractivity contribution in [1.29, 1.82) is 10.7 Å². The fraction of sp³-hybridized carbons (Fsp3) is 0.150. The van der Waals surface area contributed by atoms with E-state index in [1.54, 1.807) is 12.1 Å². The van der Waals surface area contributed by atoms with E-state index in [0.717, 1.165) is 12.3 Å². The summed E-state index contributed by atoms with van der Waals surface area (Å²) in [7, 11) is 0. The van der Waals surface area contributed by atoms with Crippen LogP contribution in [0.4, 0.5) is 33.2 Å². The van der Waals surface area contributed by atoms with Gasteiger partial charge in [-0.1, -0.05) is 11.6 Å². The Morgan fingerprint density at radius 1 is 1.19 bits per heavy atom. The van der Waals surface area contributed by atoms with Gasteiger partial charge in [-0.25, -0.2) is 19.3 Å². The highest BCUT2D eigenvalue weighted by Crippen LogP contribution is 2.32. The number of aromatic nitrogens is 3. The molecule has 1 fully saturated rings. The van der Waals surface area contributed by atoms with Crippen LogP contribution in [0.1, 0.15) is 11.1 Å². The number of benzene rings is 1. The number of aliphatic hydroxyl groups excluding tert-OH is 1. The van der Waals surface area contributed by atoms with Gasteiger partial charge in [0.2, 0.25) is 0 Å². The smallest absolute Gasteiger partial charge is 0.149 e. The van der Waals surface area contributed by atoms with E-state index >= 15 is 0 Å². The maximum absolute atomic E-state index is 14.4. The van der Waals surface area contributed by atoms with Gasteiger partial charge in [0.15, 0.2) is 0 Å². The first kappa shape index (κ1) is 20.5. The summed E-state index contributed by atoms with van der Waals surface area (Å²) in [6.45, 7) is 1.02. The van der Waals surface area contributed by atoms with Crippen molar-refractivity contribution in [3.8, 4) is 6.07 Å². The van der Waals surface area contributed by atoms with Crippen LogP contribution in [-0.2, 0) is 0 Å². The number of β-amino-alcohol motifs (C(OH)–C–C–N with tert-alkyl or cyclic N) is 1. The molecule has 9 nitrogen and oxygen atoms in total. The molecule has 0 radical (unpaired) electrons. The zero-order valence-corrected chi connectivity index (χ0v) is 16.7. The first-order chi connectivity index (χ1) is 15.0. The summed E-state index contributed by atoms with van der Waals surface area (Å²) in [5.41, 5.74) is 0.884. The molecule has 0 unspecified atom stereocenters. The Labute approximate surface area is 181 Å². The largest absolute Gasteiger partial charge is 0.389 e. The van der Waals surface area contributed by atoms with Crippen LogP contribution in [-0.4, -0.2) is 45.5 Å². The lowest BCUT2D eigenvalue weighted by Crippen LogP contribution is -2.51. The number of nitrogens with one attached hydrogen (secondary N) is 3. The van der Waals surface area contributed by atoms with Crippen LogP contribution in [0.2, 0.25) is 5.02 Å². The highest BCUT2D eigenvalue weighted by molar-refractivity contribution is 6.33. The molecule has 1 saturated heterocycles. The van der Waals surface area contributed by atoms with Gasteiger partial charge in [-0.2, -0.15) is 5.26 Å². The maximum Gasteiger partial charge on any atom is 0.149 e. The fourth-order valence-electron chi connectivity index (χ4n) is 3.01. The zero-order valence-electron chi connectivity index (χ0n) is 16.0. The Hall–Kier alpha value is -3.81. The topological polar surface area (TPSA) is 134 Å². The Kier molecular flexibility index (Phi) is 5.62. The highest BCUT2D eigenvalue weighted by Gasteiger charge is 2.25. The average molecular weight is 439 g/mol. The summed E-state index contributed by atoms with van der Waals surface area (Å²) in [5.74, 6) is 0.855. The first-order valence-corrected chi connectivity index (χ1v) is 9.53. The minimum absolute atomic E-state index is 0.0124. The molecule has 0 bridgehead atoms. The van der Waals surface area contributed by atoms with E-state index in [1.165, 1.54) is 18.6 Å². The molecule has 3 heterocycles. The van der Waals surface area contributed by atoms with Gasteiger partial charge < -0.3 is 26.0 Å². The van der Waals surface area contributed by atoms with E-state index in [0.29, 0.717) is 41.8 Å². The van der Waals surface area contributed by atoms with E-state index in [4.69, 9.17) is 22.3 Å². The fourth-order valence-corrected chi connectivity index (χ4v) is 3.27. The molecule has 4 rings (SSSR count). The van der Waals surface area contributed by atoms with E-state index in [9.17, 15) is 9.50 Å². The zero-order chi connectivity index (χ0) is 22.0. The van der Waals surface area contributed by atoms with Crippen LogP contribution in [0.15, 0.2) is 36.8 Å². The predicted molar refractivity (Wildman–Crippen MR) is 115 cm³/mol. The molecular weight excluding hydrogens is 423 g/mol. The number of nitrogens with zero attached hydrogens (tertiary/aromatic N) is 5. The molecule has 4 N–H and O–H groups in total. The summed E-state index contributed by atoms with van der Waals surface area (Å²) in [4.78, 5) is 14.5. The van der Waals surface area contributed by atoms with Crippen LogP contribution >= 0.6 is 11.6 Å². The number of rotatable bonds is 6. The molecule has 1 aliphatic heterocycles. The molecule has 2 aromatic heterocycles. The minimum atomic E-state index is -0.691. The van der Waals surface area contributed by atoms with E-state index < -0.39 is 5.82 Å². The summed E-state index contributed by atoms with van der Waals surface area (Å²) < 4.78 is 14.4. The van der Waals surface area contributed by atoms with Crippen LogP contribution in [0.5, 0.6) is 0 Å². The SMILES string of the molecule is N#Cc1cc(F)c(Nc2cc(Nc3cc(N4CC(O)C4)ncn3)ncc2C=N)c(Cl)c1. The third kappa shape index (κ3) is 4.37. The third-order valence-corrected chi connectivity index (χ3v) is 4.91. The molecule has 0 spiro atoms. The molecule has 11 heteroatoms. The number of aliphatic hydroxyl groups is 1. The second kappa shape index (κ2) is 8.51. The number of nitriles is 1. The molecule has 0 atom stereocenters. The standard InChI is InChI=1S/C20H16ClFN8O/c21-14-1-11(5-23)2-15(22)20(14)28-16-3-17(25-7-12(16)6-24)29-18-4-19(27-10-26-18)30-8-13(31)9-30/h1-4,6-7,10,13,24,31H,8-9H2,(H2,25,26,27,28,29). The molecule has 1 aromatic carbocycles. The summed E-state index contributed by atoms with van der Waals surface area (Å²) in [5, 5.41) is 32.0. The molecule has 0 amide bonds. The molecule has 156 valence electrons. The van der Waals surface area contributed by atoms with Crippen LogP contribution in [0.3, 0.4) is 0 Å². The minimum Gasteiger partial charge on any atom is -0.389 e. The van der Waals surface area contributed by atoms with E-state index in [2.05, 4.69) is 25.6 Å². The van der Waals surface area contributed by atoms with Crippen molar-refractivity contribution in [3.05, 3.63) is 58.8 Å². The normalized spacial score (nSPS) is 13.3. The van der Waals surface area contributed by atoms with Gasteiger partial charge in [0.1, 0.15) is 29.6 Å². The maximum atomic E-state index is 14.4. The lowest BCUT2D eigenvalue weighted by atomic mass is 10.2. The van der Waals surface area contributed by atoms with E-state index in [-0.39, 0.29) is 22.4 Å². The van der Waals surface area contributed by atoms with Crippen LogP contribution in [0.25, 0.3) is 0 Å². The van der Waals surface area contributed by atoms with Gasteiger partial charge in [-0.3, -0.25) is 0 Å². The van der Waals surface area contributed by atoms with Gasteiger partial charge in [0.05, 0.1) is 34.1 Å². The van der Waals surface area contributed by atoms with Crippen molar-refractivity contribution in [1.82, 2.24) is 15.0 Å². The number of hydrogen-bond donors (Lipinski definition) is 4. The summed E-state index contributed by atoms with van der Waals surface area (Å²) in [6, 6.07) is 7.59. The lowest BCUT2D eigenvalue weighted by molar-refractivity contribution is 0.141. The van der Waals surface area contributed by atoms with Crippen molar-refractivity contribution in [2.45, 2.75) is 6.10 Å². The van der Waals surface area contributed by atoms with Gasteiger partial charge >= 0.3 is 0 Å². The van der Waals surface area contributed by atoms with Crippen LogP contribution < -0.4 is 15.5 Å². The molecule has 1 aliphatic rings. The summed E-state index contributed by atoms with van der Waals surface area (Å²) >= 11 is 6.12. The Morgan fingerprint density at radius 2 is 1.97 bits per heavy atom. The Morgan fingerprint density at radius 3 is 2.65 bits per heavy atom. The third-order valence-electron chi connectivity index (χ3n) is 4.62. The molecule has 31 heavy (non-hydrogen) atoms. The molecule has 0 aliphatic carbocycles. The van der Waals surface area contributed by atoms with Crippen molar-refractivity contribution < 1.29 is 9.50 Å². The first-order valence-electron chi connectivity index (χ1n) is 9.15. The molecular formula is C20H16ClFN8O. The second-order valence-corrected chi connectivity index (χ2v) is 7.21. The van der Waals surface area contributed by atoms with Gasteiger partial charge in [0.25, 0.3) is 0 Å². The second-order valence-electron chi connectivity index (χ2n) is 6.80. The van der Waals surface area contributed by atoms with Crippen molar-refractivity contribution in [2.24, 2.45) is 0 Å². The number of hydrogen-bond acceptors (Lipinski definition) is 9. The number of halogens is 2. The monoisotopic (exact) mass is 438 g/mol.